The van der Waals surface area contributed by atoms with E-state index < -0.39 is 11.9 Å². The lowest BCUT2D eigenvalue weighted by Gasteiger charge is -2.21. The van der Waals surface area contributed by atoms with Crippen LogP contribution in [0.5, 0.6) is 0 Å². The molecule has 2 unspecified atom stereocenters. The molecule has 18 heavy (non-hydrogen) atoms. The Bertz CT molecular complexity index is 273. The fraction of sp³-hybridized carbons (Fsp3) is 0.846. The van der Waals surface area contributed by atoms with Crippen molar-refractivity contribution in [3.8, 4) is 0 Å². The van der Waals surface area contributed by atoms with Crippen molar-refractivity contribution in [1.29, 1.82) is 0 Å². The van der Waals surface area contributed by atoms with Crippen LogP contribution in [0.2, 0.25) is 0 Å². The Kier molecular flexibility index (Phi) is 6.72. The lowest BCUT2D eigenvalue weighted by Crippen LogP contribution is -2.45. The summed E-state index contributed by atoms with van der Waals surface area (Å²) in [5, 5.41) is 14.8. The van der Waals surface area contributed by atoms with E-state index in [1.807, 2.05) is 0 Å². The molecule has 1 amide bonds. The number of carboxylic acid groups (broad SMARTS) is 1. The minimum absolute atomic E-state index is 0.00879. The molecule has 0 aromatic heterocycles. The molecule has 0 bridgehead atoms. The number of nitrogens with one attached hydrogen (secondary N) is 2. The highest BCUT2D eigenvalue weighted by molar-refractivity contribution is 5.81. The van der Waals surface area contributed by atoms with Gasteiger partial charge < -0.3 is 15.7 Å². The third-order valence-electron chi connectivity index (χ3n) is 3.42. The number of aliphatic carboxylic acids is 1. The fourth-order valence-corrected chi connectivity index (χ4v) is 2.09. The molecule has 0 aliphatic carbocycles. The summed E-state index contributed by atoms with van der Waals surface area (Å²) in [7, 11) is 0. The number of amides is 1. The summed E-state index contributed by atoms with van der Waals surface area (Å²) in [5.41, 5.74) is 0. The van der Waals surface area contributed by atoms with Crippen molar-refractivity contribution in [2.75, 3.05) is 13.1 Å². The van der Waals surface area contributed by atoms with Gasteiger partial charge in [0, 0.05) is 6.54 Å². The first-order valence-electron chi connectivity index (χ1n) is 6.85. The topological polar surface area (TPSA) is 78.4 Å². The van der Waals surface area contributed by atoms with Crippen molar-refractivity contribution in [3.63, 3.8) is 0 Å². The number of hydrogen-bond donors (Lipinski definition) is 3. The van der Waals surface area contributed by atoms with E-state index in [1.54, 1.807) is 6.92 Å². The molecule has 1 fully saturated rings. The Morgan fingerprint density at radius 2 is 2.06 bits per heavy atom. The Labute approximate surface area is 108 Å². The Morgan fingerprint density at radius 1 is 1.33 bits per heavy atom. The zero-order valence-electron chi connectivity index (χ0n) is 11.1. The van der Waals surface area contributed by atoms with E-state index >= 15 is 0 Å². The molecule has 1 aliphatic rings. The maximum Gasteiger partial charge on any atom is 0.306 e. The maximum atomic E-state index is 11.9. The van der Waals surface area contributed by atoms with Gasteiger partial charge in [-0.2, -0.15) is 0 Å². The number of carboxylic acids is 1. The third-order valence-corrected chi connectivity index (χ3v) is 3.42. The second-order valence-electron chi connectivity index (χ2n) is 5.03. The summed E-state index contributed by atoms with van der Waals surface area (Å²) in [6.07, 6.45) is 5.99. The monoisotopic (exact) mass is 256 g/mol. The molecule has 2 atom stereocenters. The summed E-state index contributed by atoms with van der Waals surface area (Å²) >= 11 is 0. The lowest BCUT2D eigenvalue weighted by molar-refractivity contribution is -0.141. The van der Waals surface area contributed by atoms with Crippen molar-refractivity contribution in [2.45, 2.75) is 51.5 Å². The molecular weight excluding hydrogens is 232 g/mol. The first-order valence-corrected chi connectivity index (χ1v) is 6.85. The van der Waals surface area contributed by atoms with Gasteiger partial charge in [-0.05, 0) is 25.8 Å². The normalized spacial score (nSPS) is 22.6. The van der Waals surface area contributed by atoms with Gasteiger partial charge in [-0.3, -0.25) is 9.59 Å². The van der Waals surface area contributed by atoms with Gasteiger partial charge in [0.25, 0.3) is 0 Å². The van der Waals surface area contributed by atoms with Crippen LogP contribution in [0, 0.1) is 5.92 Å². The van der Waals surface area contributed by atoms with Crippen molar-refractivity contribution in [2.24, 2.45) is 5.92 Å². The van der Waals surface area contributed by atoms with E-state index in [4.69, 9.17) is 5.11 Å². The van der Waals surface area contributed by atoms with E-state index in [1.165, 1.54) is 12.8 Å². The zero-order chi connectivity index (χ0) is 13.4. The van der Waals surface area contributed by atoms with Crippen LogP contribution < -0.4 is 10.6 Å². The second kappa shape index (κ2) is 8.08. The van der Waals surface area contributed by atoms with Gasteiger partial charge in [0.05, 0.1) is 12.0 Å². The van der Waals surface area contributed by atoms with Gasteiger partial charge in [-0.1, -0.05) is 26.2 Å². The quantitative estimate of drug-likeness (QED) is 0.689. The summed E-state index contributed by atoms with van der Waals surface area (Å²) in [6, 6.07) is -0.106. The van der Waals surface area contributed by atoms with Gasteiger partial charge in [-0.15, -0.1) is 0 Å². The molecule has 0 spiro atoms. The smallest absolute Gasteiger partial charge is 0.306 e. The van der Waals surface area contributed by atoms with Gasteiger partial charge in [-0.25, -0.2) is 0 Å². The van der Waals surface area contributed by atoms with Crippen LogP contribution in [-0.4, -0.2) is 36.1 Å². The summed E-state index contributed by atoms with van der Waals surface area (Å²) in [6.45, 7) is 2.98. The molecule has 5 heteroatoms. The number of carbonyl (C=O) groups excluding carboxylic acids is 1. The Morgan fingerprint density at radius 3 is 2.78 bits per heavy atom. The molecule has 1 rings (SSSR count). The standard InChI is InChI=1S/C13H24N2O3/c1-10(13(17)18)7-9-15-12(16)11-6-4-2-3-5-8-14-11/h10-11,14H,2-9H2,1H3,(H,15,16)(H,17,18). The molecule has 0 aromatic carbocycles. The molecule has 5 nitrogen and oxygen atoms in total. The summed E-state index contributed by atoms with van der Waals surface area (Å²) in [4.78, 5) is 22.5. The largest absolute Gasteiger partial charge is 0.481 e. The van der Waals surface area contributed by atoms with Crippen molar-refractivity contribution >= 4 is 11.9 Å². The van der Waals surface area contributed by atoms with E-state index in [0.29, 0.717) is 13.0 Å². The Hall–Kier alpha value is -1.10. The fourth-order valence-electron chi connectivity index (χ4n) is 2.09. The van der Waals surface area contributed by atoms with Crippen LogP contribution in [0.4, 0.5) is 0 Å². The van der Waals surface area contributed by atoms with Crippen LogP contribution in [0.25, 0.3) is 0 Å². The molecule has 1 aliphatic heterocycles. The van der Waals surface area contributed by atoms with Crippen molar-refractivity contribution in [1.82, 2.24) is 10.6 Å². The minimum atomic E-state index is -0.812. The third kappa shape index (κ3) is 5.49. The van der Waals surface area contributed by atoms with E-state index in [2.05, 4.69) is 10.6 Å². The summed E-state index contributed by atoms with van der Waals surface area (Å²) in [5.74, 6) is -1.21. The Balaban J connectivity index is 2.23. The number of carbonyl (C=O) groups is 2. The molecule has 1 heterocycles. The van der Waals surface area contributed by atoms with Gasteiger partial charge in [0.15, 0.2) is 0 Å². The van der Waals surface area contributed by atoms with E-state index in [9.17, 15) is 9.59 Å². The molecule has 0 saturated carbocycles. The highest BCUT2D eigenvalue weighted by Gasteiger charge is 2.19. The minimum Gasteiger partial charge on any atom is -0.481 e. The number of hydrogen-bond acceptors (Lipinski definition) is 3. The average Bonchev–Trinajstić information content (AvgIpc) is 2.27. The first kappa shape index (κ1) is 15.0. The van der Waals surface area contributed by atoms with E-state index in [0.717, 1.165) is 25.8 Å². The second-order valence-corrected chi connectivity index (χ2v) is 5.03. The molecule has 0 aromatic rings. The maximum absolute atomic E-state index is 11.9. The van der Waals surface area contributed by atoms with Crippen LogP contribution >= 0.6 is 0 Å². The first-order chi connectivity index (χ1) is 8.61. The predicted molar refractivity (Wildman–Crippen MR) is 69.3 cm³/mol. The van der Waals surface area contributed by atoms with Crippen molar-refractivity contribution < 1.29 is 14.7 Å². The lowest BCUT2D eigenvalue weighted by atomic mass is 10.0. The van der Waals surface area contributed by atoms with Crippen LogP contribution in [0.1, 0.15) is 45.4 Å². The SMILES string of the molecule is CC(CCNC(=O)C1CCCCCCN1)C(=O)O. The predicted octanol–water partition coefficient (Wildman–Crippen LogP) is 1.14. The van der Waals surface area contributed by atoms with Gasteiger partial charge in [0.2, 0.25) is 5.91 Å². The van der Waals surface area contributed by atoms with Crippen LogP contribution in [-0.2, 0) is 9.59 Å². The van der Waals surface area contributed by atoms with Gasteiger partial charge >= 0.3 is 5.97 Å². The number of rotatable bonds is 5. The van der Waals surface area contributed by atoms with Crippen molar-refractivity contribution in [3.05, 3.63) is 0 Å². The highest BCUT2D eigenvalue weighted by atomic mass is 16.4. The van der Waals surface area contributed by atoms with E-state index in [-0.39, 0.29) is 11.9 Å². The molecule has 3 N–H and O–H groups in total. The molecule has 104 valence electrons. The van der Waals surface area contributed by atoms with Crippen LogP contribution in [0.3, 0.4) is 0 Å². The van der Waals surface area contributed by atoms with Gasteiger partial charge in [0.1, 0.15) is 0 Å². The highest BCUT2D eigenvalue weighted by Crippen LogP contribution is 2.09. The zero-order valence-corrected chi connectivity index (χ0v) is 11.1. The molecule has 1 saturated heterocycles. The van der Waals surface area contributed by atoms with Crippen LogP contribution in [0.15, 0.2) is 0 Å². The summed E-state index contributed by atoms with van der Waals surface area (Å²) < 4.78 is 0. The average molecular weight is 256 g/mol. The molecule has 0 radical (unpaired) electrons. The molecular formula is C13H24N2O3.